The van der Waals surface area contributed by atoms with Gasteiger partial charge in [0.05, 0.1) is 12.2 Å². The topological polar surface area (TPSA) is 69.0 Å². The lowest BCUT2D eigenvalue weighted by Crippen LogP contribution is -2.29. The Morgan fingerprint density at radius 1 is 1.38 bits per heavy atom. The second-order valence-electron chi connectivity index (χ2n) is 6.18. The molecule has 0 aliphatic carbocycles. The summed E-state index contributed by atoms with van der Waals surface area (Å²) in [6.45, 7) is 8.48. The van der Waals surface area contributed by atoms with Gasteiger partial charge in [-0.05, 0) is 43.7 Å². The Morgan fingerprint density at radius 2 is 2.19 bits per heavy atom. The number of nitrogens with zero attached hydrogens (tertiary/aromatic N) is 3. The summed E-state index contributed by atoms with van der Waals surface area (Å²) in [6, 6.07) is 1.76. The molecule has 0 saturated carbocycles. The van der Waals surface area contributed by atoms with Gasteiger partial charge in [-0.15, -0.1) is 16.4 Å². The molecule has 1 aliphatic rings. The first kappa shape index (κ1) is 19.0. The van der Waals surface area contributed by atoms with Crippen molar-refractivity contribution in [2.75, 3.05) is 17.7 Å². The number of thioether (sulfide) groups is 1. The lowest BCUT2D eigenvalue weighted by molar-refractivity contribution is -0.139. The molecule has 0 radical (unpaired) electrons. The van der Waals surface area contributed by atoms with E-state index in [-0.39, 0.29) is 12.0 Å². The van der Waals surface area contributed by atoms with E-state index < -0.39 is 0 Å². The van der Waals surface area contributed by atoms with Crippen molar-refractivity contribution in [3.63, 3.8) is 0 Å². The molecule has 0 amide bonds. The van der Waals surface area contributed by atoms with Gasteiger partial charge in [0, 0.05) is 16.3 Å². The van der Waals surface area contributed by atoms with Crippen LogP contribution in [-0.2, 0) is 9.53 Å². The molecule has 0 bridgehead atoms. The number of carbonyl (C=O) groups excluding carboxylic acids is 1. The summed E-state index contributed by atoms with van der Waals surface area (Å²) in [5, 5.41) is 10.7. The Morgan fingerprint density at radius 3 is 2.85 bits per heavy atom. The molecule has 140 valence electrons. The van der Waals surface area contributed by atoms with Gasteiger partial charge in [-0.2, -0.15) is 4.98 Å². The maximum atomic E-state index is 12.8. The van der Waals surface area contributed by atoms with Crippen LogP contribution in [0.15, 0.2) is 27.9 Å². The number of carbonyl (C=O) groups is 1. The van der Waals surface area contributed by atoms with Crippen LogP contribution in [0, 0.1) is 6.92 Å². The van der Waals surface area contributed by atoms with Crippen molar-refractivity contribution in [1.82, 2.24) is 14.8 Å². The maximum absolute atomic E-state index is 12.8. The summed E-state index contributed by atoms with van der Waals surface area (Å²) < 4.78 is 7.28. The third-order valence-corrected chi connectivity index (χ3v) is 6.19. The van der Waals surface area contributed by atoms with Gasteiger partial charge >= 0.3 is 5.97 Å². The van der Waals surface area contributed by atoms with Crippen molar-refractivity contribution >= 4 is 35.0 Å². The fourth-order valence-corrected chi connectivity index (χ4v) is 4.53. The average molecular weight is 393 g/mol. The summed E-state index contributed by atoms with van der Waals surface area (Å²) in [5.74, 6) is 1.34. The van der Waals surface area contributed by atoms with Crippen molar-refractivity contribution in [2.24, 2.45) is 0 Å². The molecule has 3 rings (SSSR count). The SMILES string of the molecule is CCCOC(=O)C1=C(C)Nc2nc(SCCC)nn2C1c1sccc1C. The average Bonchev–Trinajstić information content (AvgIpc) is 3.22. The van der Waals surface area contributed by atoms with Crippen molar-refractivity contribution in [1.29, 1.82) is 0 Å². The van der Waals surface area contributed by atoms with Crippen molar-refractivity contribution < 1.29 is 9.53 Å². The minimum absolute atomic E-state index is 0.293. The summed E-state index contributed by atoms with van der Waals surface area (Å²) in [5.41, 5.74) is 2.52. The van der Waals surface area contributed by atoms with Gasteiger partial charge in [-0.3, -0.25) is 0 Å². The number of fused-ring (bicyclic) bond motifs is 1. The number of aryl methyl sites for hydroxylation is 1. The van der Waals surface area contributed by atoms with Crippen LogP contribution >= 0.6 is 23.1 Å². The van der Waals surface area contributed by atoms with Gasteiger partial charge in [0.15, 0.2) is 0 Å². The van der Waals surface area contributed by atoms with Gasteiger partial charge in [0.25, 0.3) is 0 Å². The molecule has 1 aliphatic heterocycles. The van der Waals surface area contributed by atoms with Crippen LogP contribution in [0.5, 0.6) is 0 Å². The number of allylic oxidation sites excluding steroid dienone is 1. The zero-order valence-corrected chi connectivity index (χ0v) is 17.2. The molecule has 0 aromatic carbocycles. The van der Waals surface area contributed by atoms with Crippen molar-refractivity contribution in [3.8, 4) is 0 Å². The van der Waals surface area contributed by atoms with E-state index in [2.05, 4.69) is 35.3 Å². The number of hydrogen-bond acceptors (Lipinski definition) is 7. The van der Waals surface area contributed by atoms with Crippen LogP contribution in [0.2, 0.25) is 0 Å². The first-order chi connectivity index (χ1) is 12.6. The molecular weight excluding hydrogens is 368 g/mol. The van der Waals surface area contributed by atoms with Gasteiger partial charge in [0.1, 0.15) is 6.04 Å². The monoisotopic (exact) mass is 392 g/mol. The van der Waals surface area contributed by atoms with E-state index in [1.54, 1.807) is 23.1 Å². The van der Waals surface area contributed by atoms with E-state index in [1.165, 1.54) is 0 Å². The fraction of sp³-hybridized carbons (Fsp3) is 0.500. The molecule has 8 heteroatoms. The molecule has 0 fully saturated rings. The molecule has 0 saturated heterocycles. The standard InChI is InChI=1S/C18H24N4O2S2/c1-5-8-24-16(23)13-12(4)19-17-20-18(26-9-6-2)21-22(17)14(13)15-11(3)7-10-25-15/h7,10,14H,5-6,8-9H2,1-4H3,(H,19,20,21). The van der Waals surface area contributed by atoms with Gasteiger partial charge in [0.2, 0.25) is 11.1 Å². The molecule has 6 nitrogen and oxygen atoms in total. The molecule has 2 aromatic rings. The zero-order chi connectivity index (χ0) is 18.7. The summed E-state index contributed by atoms with van der Waals surface area (Å²) in [6.07, 6.45) is 1.85. The highest BCUT2D eigenvalue weighted by molar-refractivity contribution is 7.99. The van der Waals surface area contributed by atoms with Gasteiger partial charge in [-0.25, -0.2) is 9.48 Å². The van der Waals surface area contributed by atoms with Crippen LogP contribution in [0.25, 0.3) is 0 Å². The van der Waals surface area contributed by atoms with Gasteiger partial charge < -0.3 is 10.1 Å². The lowest BCUT2D eigenvalue weighted by atomic mass is 10.00. The smallest absolute Gasteiger partial charge is 0.338 e. The third kappa shape index (κ3) is 3.66. The van der Waals surface area contributed by atoms with Crippen molar-refractivity contribution in [3.05, 3.63) is 33.2 Å². The van der Waals surface area contributed by atoms with Crippen LogP contribution in [0.4, 0.5) is 5.95 Å². The summed E-state index contributed by atoms with van der Waals surface area (Å²) in [4.78, 5) is 18.5. The molecule has 1 atom stereocenters. The molecule has 26 heavy (non-hydrogen) atoms. The van der Waals surface area contributed by atoms with Crippen LogP contribution in [0.3, 0.4) is 0 Å². The first-order valence-electron chi connectivity index (χ1n) is 8.85. The summed E-state index contributed by atoms with van der Waals surface area (Å²) >= 11 is 3.26. The van der Waals surface area contributed by atoms with E-state index in [0.29, 0.717) is 18.1 Å². The molecule has 1 N–H and O–H groups in total. The Bertz CT molecular complexity index is 825. The number of ether oxygens (including phenoxy) is 1. The Hall–Kier alpha value is -1.80. The second-order valence-corrected chi connectivity index (χ2v) is 8.19. The molecule has 2 aromatic heterocycles. The van der Waals surface area contributed by atoms with E-state index in [4.69, 9.17) is 4.74 Å². The minimum atomic E-state index is -0.306. The number of anilines is 1. The highest BCUT2D eigenvalue weighted by Crippen LogP contribution is 2.39. The Labute approximate surface area is 162 Å². The number of esters is 1. The van der Waals surface area contributed by atoms with Crippen LogP contribution < -0.4 is 5.32 Å². The quantitative estimate of drug-likeness (QED) is 0.557. The Balaban J connectivity index is 2.05. The second kappa shape index (κ2) is 8.26. The highest BCUT2D eigenvalue weighted by Gasteiger charge is 2.36. The van der Waals surface area contributed by atoms with Gasteiger partial charge in [-0.1, -0.05) is 25.6 Å². The minimum Gasteiger partial charge on any atom is -0.462 e. The summed E-state index contributed by atoms with van der Waals surface area (Å²) in [7, 11) is 0. The Kier molecular flexibility index (Phi) is 6.03. The van der Waals surface area contributed by atoms with E-state index in [0.717, 1.165) is 39.9 Å². The predicted octanol–water partition coefficient (Wildman–Crippen LogP) is 4.39. The largest absolute Gasteiger partial charge is 0.462 e. The fourth-order valence-electron chi connectivity index (χ4n) is 2.83. The third-order valence-electron chi connectivity index (χ3n) is 4.08. The van der Waals surface area contributed by atoms with Crippen LogP contribution in [0.1, 0.15) is 50.1 Å². The lowest BCUT2D eigenvalue weighted by Gasteiger charge is -2.27. The molecule has 0 spiro atoms. The number of rotatable bonds is 7. The zero-order valence-electron chi connectivity index (χ0n) is 15.5. The normalized spacial score (nSPS) is 16.4. The van der Waals surface area contributed by atoms with E-state index in [1.807, 2.05) is 23.9 Å². The van der Waals surface area contributed by atoms with E-state index in [9.17, 15) is 4.79 Å². The first-order valence-corrected chi connectivity index (χ1v) is 10.7. The maximum Gasteiger partial charge on any atom is 0.338 e. The molecule has 1 unspecified atom stereocenters. The predicted molar refractivity (Wildman–Crippen MR) is 106 cm³/mol. The van der Waals surface area contributed by atoms with Crippen molar-refractivity contribution in [2.45, 2.75) is 51.7 Å². The van der Waals surface area contributed by atoms with Crippen LogP contribution in [-0.4, -0.2) is 33.1 Å². The number of hydrogen-bond donors (Lipinski definition) is 1. The molecular formula is C18H24N4O2S2. The number of aromatic nitrogens is 3. The molecule has 3 heterocycles. The van der Waals surface area contributed by atoms with E-state index >= 15 is 0 Å². The number of nitrogens with one attached hydrogen (secondary N) is 1. The highest BCUT2D eigenvalue weighted by atomic mass is 32.2. The number of thiophene rings is 1.